The number of methoxy groups -OCH3 is 1. The third-order valence-electron chi connectivity index (χ3n) is 1.86. The molecule has 0 aliphatic rings. The summed E-state index contributed by atoms with van der Waals surface area (Å²) in [6, 6.07) is -0.451. The maximum Gasteiger partial charge on any atom is 0.305 e. The first-order valence-electron chi connectivity index (χ1n) is 4.72. The Balaban J connectivity index is 3.45. The molecule has 0 saturated heterocycles. The Bertz CT molecular complexity index is 194. The zero-order chi connectivity index (χ0) is 11.0. The van der Waals surface area contributed by atoms with Crippen LogP contribution in [-0.2, 0) is 14.3 Å². The van der Waals surface area contributed by atoms with Gasteiger partial charge in [0.15, 0.2) is 0 Å². The average Bonchev–Trinajstić information content (AvgIpc) is 2.22. The molecule has 0 fully saturated rings. The van der Waals surface area contributed by atoms with Crippen molar-refractivity contribution >= 4 is 11.9 Å². The van der Waals surface area contributed by atoms with E-state index in [-0.39, 0.29) is 11.9 Å². The van der Waals surface area contributed by atoms with Gasteiger partial charge in [-0.15, -0.1) is 0 Å². The Morgan fingerprint density at radius 2 is 2.14 bits per heavy atom. The summed E-state index contributed by atoms with van der Waals surface area (Å²) in [5, 5.41) is 2.64. The van der Waals surface area contributed by atoms with Crippen LogP contribution in [0.3, 0.4) is 0 Å². The van der Waals surface area contributed by atoms with Crippen LogP contribution < -0.4 is 11.1 Å². The van der Waals surface area contributed by atoms with Crippen molar-refractivity contribution in [3.8, 4) is 0 Å². The third-order valence-corrected chi connectivity index (χ3v) is 1.86. The van der Waals surface area contributed by atoms with Crippen molar-refractivity contribution in [2.45, 2.75) is 32.2 Å². The van der Waals surface area contributed by atoms with E-state index in [1.165, 1.54) is 7.11 Å². The summed E-state index contributed by atoms with van der Waals surface area (Å²) < 4.78 is 4.45. The molecule has 5 nitrogen and oxygen atoms in total. The highest BCUT2D eigenvalue weighted by molar-refractivity contribution is 5.81. The van der Waals surface area contributed by atoms with Crippen LogP contribution in [0.5, 0.6) is 0 Å². The normalized spacial score (nSPS) is 11.9. The van der Waals surface area contributed by atoms with Gasteiger partial charge in [-0.1, -0.05) is 6.92 Å². The molecule has 0 radical (unpaired) electrons. The SMILES string of the molecule is CC[C@H](N)C(=O)NCCCC(=O)OC. The molecule has 0 aromatic carbocycles. The lowest BCUT2D eigenvalue weighted by atomic mass is 10.2. The Morgan fingerprint density at radius 3 is 2.64 bits per heavy atom. The van der Waals surface area contributed by atoms with Gasteiger partial charge in [0, 0.05) is 13.0 Å². The van der Waals surface area contributed by atoms with Gasteiger partial charge in [0.2, 0.25) is 5.91 Å². The molecule has 0 unspecified atom stereocenters. The smallest absolute Gasteiger partial charge is 0.305 e. The van der Waals surface area contributed by atoms with Gasteiger partial charge in [0.25, 0.3) is 0 Å². The maximum atomic E-state index is 11.1. The number of rotatable bonds is 6. The van der Waals surface area contributed by atoms with Crippen molar-refractivity contribution in [1.82, 2.24) is 5.32 Å². The topological polar surface area (TPSA) is 81.4 Å². The molecule has 1 amide bonds. The number of carbonyl (C=O) groups is 2. The largest absolute Gasteiger partial charge is 0.469 e. The summed E-state index contributed by atoms with van der Waals surface area (Å²) in [5.41, 5.74) is 5.48. The van der Waals surface area contributed by atoms with Gasteiger partial charge in [-0.2, -0.15) is 0 Å². The lowest BCUT2D eigenvalue weighted by Crippen LogP contribution is -2.40. The Labute approximate surface area is 84.0 Å². The van der Waals surface area contributed by atoms with Crippen molar-refractivity contribution in [3.63, 3.8) is 0 Å². The zero-order valence-electron chi connectivity index (χ0n) is 8.71. The summed E-state index contributed by atoms with van der Waals surface area (Å²) in [6.45, 7) is 2.31. The summed E-state index contributed by atoms with van der Waals surface area (Å²) >= 11 is 0. The lowest BCUT2D eigenvalue weighted by molar-refractivity contribution is -0.140. The van der Waals surface area contributed by atoms with Gasteiger partial charge in [-0.3, -0.25) is 9.59 Å². The zero-order valence-corrected chi connectivity index (χ0v) is 8.71. The van der Waals surface area contributed by atoms with E-state index >= 15 is 0 Å². The van der Waals surface area contributed by atoms with Gasteiger partial charge in [0.1, 0.15) is 0 Å². The molecule has 0 aromatic rings. The number of carbonyl (C=O) groups excluding carboxylic acids is 2. The first-order chi connectivity index (χ1) is 6.61. The Hall–Kier alpha value is -1.10. The number of hydrogen-bond donors (Lipinski definition) is 2. The van der Waals surface area contributed by atoms with E-state index < -0.39 is 6.04 Å². The van der Waals surface area contributed by atoms with Crippen molar-refractivity contribution in [2.75, 3.05) is 13.7 Å². The fourth-order valence-electron chi connectivity index (χ4n) is 0.863. The minimum Gasteiger partial charge on any atom is -0.469 e. The highest BCUT2D eigenvalue weighted by Crippen LogP contribution is 1.91. The molecule has 3 N–H and O–H groups in total. The molecule has 14 heavy (non-hydrogen) atoms. The monoisotopic (exact) mass is 202 g/mol. The molecule has 0 spiro atoms. The molecular formula is C9H18N2O3. The van der Waals surface area contributed by atoms with Crippen molar-refractivity contribution in [1.29, 1.82) is 0 Å². The number of nitrogens with two attached hydrogens (primary N) is 1. The van der Waals surface area contributed by atoms with E-state index in [9.17, 15) is 9.59 Å². The van der Waals surface area contributed by atoms with Crippen molar-refractivity contribution < 1.29 is 14.3 Å². The highest BCUT2D eigenvalue weighted by Gasteiger charge is 2.09. The molecule has 0 heterocycles. The predicted molar refractivity (Wildman–Crippen MR) is 52.5 cm³/mol. The molecule has 5 heteroatoms. The minimum absolute atomic E-state index is 0.169. The van der Waals surface area contributed by atoms with Gasteiger partial charge in [-0.25, -0.2) is 0 Å². The summed E-state index contributed by atoms with van der Waals surface area (Å²) in [6.07, 6.45) is 1.51. The maximum absolute atomic E-state index is 11.1. The van der Waals surface area contributed by atoms with Crippen molar-refractivity contribution in [2.24, 2.45) is 5.73 Å². The molecule has 82 valence electrons. The van der Waals surface area contributed by atoms with E-state index in [1.54, 1.807) is 0 Å². The van der Waals surface area contributed by atoms with Crippen LogP contribution >= 0.6 is 0 Å². The van der Waals surface area contributed by atoms with Gasteiger partial charge in [0.05, 0.1) is 13.2 Å². The quantitative estimate of drug-likeness (QED) is 0.461. The van der Waals surface area contributed by atoms with E-state index in [0.717, 1.165) is 0 Å². The standard InChI is InChI=1S/C9H18N2O3/c1-3-7(10)9(13)11-6-4-5-8(12)14-2/h7H,3-6,10H2,1-2H3,(H,11,13)/t7-/m0/s1. The average molecular weight is 202 g/mol. The number of hydrogen-bond acceptors (Lipinski definition) is 4. The van der Waals surface area contributed by atoms with Gasteiger partial charge in [-0.05, 0) is 12.8 Å². The molecular weight excluding hydrogens is 184 g/mol. The van der Waals surface area contributed by atoms with Gasteiger partial charge < -0.3 is 15.8 Å². The van der Waals surface area contributed by atoms with Crippen LogP contribution in [0.25, 0.3) is 0 Å². The first-order valence-corrected chi connectivity index (χ1v) is 4.72. The molecule has 0 aliphatic heterocycles. The second-order valence-corrected chi connectivity index (χ2v) is 2.99. The second-order valence-electron chi connectivity index (χ2n) is 2.99. The summed E-state index contributed by atoms with van der Waals surface area (Å²) in [4.78, 5) is 21.8. The molecule has 0 aromatic heterocycles. The summed E-state index contributed by atoms with van der Waals surface area (Å²) in [5.74, 6) is -0.434. The van der Waals surface area contributed by atoms with Crippen LogP contribution in [0.2, 0.25) is 0 Å². The molecule has 0 saturated carbocycles. The molecule has 0 rings (SSSR count). The van der Waals surface area contributed by atoms with E-state index in [0.29, 0.717) is 25.8 Å². The number of nitrogens with one attached hydrogen (secondary N) is 1. The van der Waals surface area contributed by atoms with Crippen molar-refractivity contribution in [3.05, 3.63) is 0 Å². The van der Waals surface area contributed by atoms with E-state index in [4.69, 9.17) is 5.73 Å². The first kappa shape index (κ1) is 12.9. The van der Waals surface area contributed by atoms with Crippen LogP contribution in [0, 0.1) is 0 Å². The highest BCUT2D eigenvalue weighted by atomic mass is 16.5. The fourth-order valence-corrected chi connectivity index (χ4v) is 0.863. The van der Waals surface area contributed by atoms with Crippen LogP contribution in [0.15, 0.2) is 0 Å². The van der Waals surface area contributed by atoms with Crippen LogP contribution in [0.1, 0.15) is 26.2 Å². The number of amides is 1. The molecule has 1 atom stereocenters. The minimum atomic E-state index is -0.451. The van der Waals surface area contributed by atoms with E-state index in [2.05, 4.69) is 10.1 Å². The lowest BCUT2D eigenvalue weighted by Gasteiger charge is -2.09. The summed E-state index contributed by atoms with van der Waals surface area (Å²) in [7, 11) is 1.34. The van der Waals surface area contributed by atoms with Crippen LogP contribution in [0.4, 0.5) is 0 Å². The Morgan fingerprint density at radius 1 is 1.50 bits per heavy atom. The molecule has 0 bridgehead atoms. The Kier molecular flexibility index (Phi) is 6.74. The fraction of sp³-hybridized carbons (Fsp3) is 0.778. The van der Waals surface area contributed by atoms with Crippen LogP contribution in [-0.4, -0.2) is 31.6 Å². The molecule has 0 aliphatic carbocycles. The second kappa shape index (κ2) is 7.32. The van der Waals surface area contributed by atoms with Gasteiger partial charge >= 0.3 is 5.97 Å². The number of esters is 1. The predicted octanol–water partition coefficient (Wildman–Crippen LogP) is -0.207. The third kappa shape index (κ3) is 5.53. The number of ether oxygens (including phenoxy) is 1. The van der Waals surface area contributed by atoms with E-state index in [1.807, 2.05) is 6.92 Å².